The van der Waals surface area contributed by atoms with Crippen LogP contribution in [0.5, 0.6) is 0 Å². The first-order valence-electron chi connectivity index (χ1n) is 8.70. The van der Waals surface area contributed by atoms with E-state index in [0.29, 0.717) is 5.39 Å². The van der Waals surface area contributed by atoms with E-state index in [9.17, 15) is 9.59 Å². The van der Waals surface area contributed by atoms with Crippen molar-refractivity contribution >= 4 is 16.8 Å². The molecule has 1 heterocycles. The minimum absolute atomic E-state index is 0.0407. The highest BCUT2D eigenvalue weighted by molar-refractivity contribution is 5.97. The summed E-state index contributed by atoms with van der Waals surface area (Å²) in [5.74, 6) is -0.308. The number of aromatic amines is 1. The number of fused-ring (bicyclic) bond motifs is 1. The number of carbonyl (C=O) groups excluding carboxylic acids is 1. The fourth-order valence-electron chi connectivity index (χ4n) is 2.87. The average molecular weight is 329 g/mol. The average Bonchev–Trinajstić information content (AvgIpc) is 2.59. The number of hydrogen-bond acceptors (Lipinski definition) is 3. The van der Waals surface area contributed by atoms with Crippen molar-refractivity contribution in [3.8, 4) is 0 Å². The maximum atomic E-state index is 12.4. The van der Waals surface area contributed by atoms with Crippen LogP contribution in [0.4, 0.5) is 0 Å². The molecule has 0 aliphatic rings. The molecule has 0 bridgehead atoms. The highest BCUT2D eigenvalue weighted by atomic mass is 16.2. The molecule has 0 aliphatic carbocycles. The third-order valence-corrected chi connectivity index (χ3v) is 4.42. The van der Waals surface area contributed by atoms with E-state index in [2.05, 4.69) is 29.0 Å². The zero-order valence-electron chi connectivity index (χ0n) is 14.8. The fourth-order valence-corrected chi connectivity index (χ4v) is 2.87. The number of hydrogen-bond donors (Lipinski definition) is 2. The zero-order valence-corrected chi connectivity index (χ0v) is 14.8. The quantitative estimate of drug-likeness (QED) is 0.783. The number of aromatic nitrogens is 1. The number of benzene rings is 1. The largest absolute Gasteiger partial charge is 0.360 e. The van der Waals surface area contributed by atoms with E-state index in [0.717, 1.165) is 38.0 Å². The van der Waals surface area contributed by atoms with E-state index in [4.69, 9.17) is 0 Å². The molecule has 130 valence electrons. The molecule has 0 fully saturated rings. The minimum atomic E-state index is -0.308. The molecular weight excluding hydrogens is 302 g/mol. The van der Waals surface area contributed by atoms with Gasteiger partial charge in [0.25, 0.3) is 5.91 Å². The van der Waals surface area contributed by atoms with E-state index in [-0.39, 0.29) is 22.9 Å². The van der Waals surface area contributed by atoms with Crippen LogP contribution < -0.4 is 10.7 Å². The molecular formula is C19H27N3O2. The Bertz CT molecular complexity index is 735. The number of nitrogens with zero attached hydrogens (tertiary/aromatic N) is 1. The Morgan fingerprint density at radius 1 is 1.25 bits per heavy atom. The van der Waals surface area contributed by atoms with Crippen molar-refractivity contribution in [2.75, 3.05) is 19.6 Å². The molecule has 1 amide bonds. The van der Waals surface area contributed by atoms with Gasteiger partial charge in [0, 0.05) is 23.1 Å². The monoisotopic (exact) mass is 329 g/mol. The lowest BCUT2D eigenvalue weighted by Crippen LogP contribution is -2.36. The van der Waals surface area contributed by atoms with Crippen LogP contribution in [0.2, 0.25) is 0 Å². The van der Waals surface area contributed by atoms with Crippen LogP contribution in [-0.2, 0) is 0 Å². The molecule has 2 aromatic rings. The number of para-hydroxylation sites is 1. The van der Waals surface area contributed by atoms with Crippen LogP contribution in [-0.4, -0.2) is 41.5 Å². The Morgan fingerprint density at radius 2 is 1.96 bits per heavy atom. The number of nitrogens with one attached hydrogen (secondary N) is 2. The maximum absolute atomic E-state index is 12.4. The summed E-state index contributed by atoms with van der Waals surface area (Å²) < 4.78 is 0. The molecule has 0 saturated carbocycles. The molecule has 1 aromatic heterocycles. The lowest BCUT2D eigenvalue weighted by Gasteiger charge is -2.19. The van der Waals surface area contributed by atoms with E-state index in [1.807, 2.05) is 19.1 Å². The van der Waals surface area contributed by atoms with Gasteiger partial charge < -0.3 is 15.2 Å². The van der Waals surface area contributed by atoms with Crippen molar-refractivity contribution in [2.45, 2.75) is 39.7 Å². The van der Waals surface area contributed by atoms with Crippen molar-refractivity contribution in [1.29, 1.82) is 0 Å². The minimum Gasteiger partial charge on any atom is -0.360 e. The predicted molar refractivity (Wildman–Crippen MR) is 98.5 cm³/mol. The molecule has 0 aliphatic heterocycles. The summed E-state index contributed by atoms with van der Waals surface area (Å²) in [6, 6.07) is 7.26. The molecule has 5 nitrogen and oxygen atoms in total. The Morgan fingerprint density at radius 3 is 2.67 bits per heavy atom. The van der Waals surface area contributed by atoms with Gasteiger partial charge in [0.15, 0.2) is 0 Å². The van der Waals surface area contributed by atoms with Gasteiger partial charge in [-0.2, -0.15) is 0 Å². The van der Waals surface area contributed by atoms with E-state index < -0.39 is 0 Å². The van der Waals surface area contributed by atoms with Gasteiger partial charge >= 0.3 is 0 Å². The smallest absolute Gasteiger partial charge is 0.256 e. The molecule has 5 heteroatoms. The molecule has 2 N–H and O–H groups in total. The summed E-state index contributed by atoms with van der Waals surface area (Å²) in [6.45, 7) is 9.41. The normalized spacial score (nSPS) is 12.5. The van der Waals surface area contributed by atoms with Crippen LogP contribution in [0.3, 0.4) is 0 Å². The molecule has 0 radical (unpaired) electrons. The first-order valence-corrected chi connectivity index (χ1v) is 8.70. The highest BCUT2D eigenvalue weighted by Gasteiger charge is 2.15. The van der Waals surface area contributed by atoms with Gasteiger partial charge in [-0.3, -0.25) is 9.59 Å². The third-order valence-electron chi connectivity index (χ3n) is 4.42. The second-order valence-electron chi connectivity index (χ2n) is 6.12. The van der Waals surface area contributed by atoms with Crippen molar-refractivity contribution in [3.63, 3.8) is 0 Å². The molecule has 1 unspecified atom stereocenters. The second kappa shape index (κ2) is 8.64. The van der Waals surface area contributed by atoms with Crippen LogP contribution in [0.15, 0.2) is 35.3 Å². The van der Waals surface area contributed by atoms with Gasteiger partial charge in [-0.25, -0.2) is 0 Å². The van der Waals surface area contributed by atoms with Crippen LogP contribution in [0.25, 0.3) is 10.9 Å². The zero-order chi connectivity index (χ0) is 17.5. The first kappa shape index (κ1) is 18.2. The summed E-state index contributed by atoms with van der Waals surface area (Å²) in [6.07, 6.45) is 3.42. The molecule has 2 rings (SSSR count). The van der Waals surface area contributed by atoms with Gasteiger partial charge in [0.05, 0.1) is 0 Å². The predicted octanol–water partition coefficient (Wildman–Crippen LogP) is 2.77. The number of H-pyrrole nitrogens is 1. The topological polar surface area (TPSA) is 65.2 Å². The summed E-state index contributed by atoms with van der Waals surface area (Å²) in [7, 11) is 0. The van der Waals surface area contributed by atoms with Gasteiger partial charge in [-0.1, -0.05) is 26.0 Å². The summed E-state index contributed by atoms with van der Waals surface area (Å²) in [5, 5.41) is 3.48. The standard InChI is InChI=1S/C19H27N3O2/c1-4-22(5-2)12-8-9-14(3)21-19(24)16-13-20-17-11-7-6-10-15(17)18(16)23/h6-7,10-11,13-14H,4-5,8-9,12H2,1-3H3,(H,20,23)(H,21,24). The molecule has 24 heavy (non-hydrogen) atoms. The second-order valence-corrected chi connectivity index (χ2v) is 6.12. The lowest BCUT2D eigenvalue weighted by atomic mass is 10.1. The lowest BCUT2D eigenvalue weighted by molar-refractivity contribution is 0.0936. The Balaban J connectivity index is 1.97. The molecule has 1 aromatic carbocycles. The van der Waals surface area contributed by atoms with Crippen LogP contribution in [0, 0.1) is 0 Å². The summed E-state index contributed by atoms with van der Waals surface area (Å²) in [5.41, 5.74) is 0.688. The van der Waals surface area contributed by atoms with Gasteiger partial charge in [0.1, 0.15) is 5.56 Å². The SMILES string of the molecule is CCN(CC)CCCC(C)NC(=O)c1c[nH]c2ccccc2c1=O. The molecule has 0 spiro atoms. The van der Waals surface area contributed by atoms with Crippen molar-refractivity contribution in [2.24, 2.45) is 0 Å². The Labute approximate surface area is 143 Å². The van der Waals surface area contributed by atoms with Crippen molar-refractivity contribution in [1.82, 2.24) is 15.2 Å². The highest BCUT2D eigenvalue weighted by Crippen LogP contribution is 2.07. The first-order chi connectivity index (χ1) is 11.6. The number of carbonyl (C=O) groups is 1. The van der Waals surface area contributed by atoms with E-state index in [1.54, 1.807) is 12.1 Å². The Kier molecular flexibility index (Phi) is 6.55. The van der Waals surface area contributed by atoms with Crippen LogP contribution in [0.1, 0.15) is 44.0 Å². The van der Waals surface area contributed by atoms with Gasteiger partial charge in [-0.05, 0) is 51.5 Å². The summed E-state index contributed by atoms with van der Waals surface area (Å²) in [4.78, 5) is 30.2. The number of pyridine rings is 1. The van der Waals surface area contributed by atoms with Crippen LogP contribution >= 0.6 is 0 Å². The van der Waals surface area contributed by atoms with Gasteiger partial charge in [0.2, 0.25) is 5.43 Å². The number of rotatable bonds is 8. The number of amides is 1. The molecule has 1 atom stereocenters. The van der Waals surface area contributed by atoms with E-state index in [1.165, 1.54) is 6.20 Å². The molecule has 0 saturated heterocycles. The van der Waals surface area contributed by atoms with Gasteiger partial charge in [-0.15, -0.1) is 0 Å². The fraction of sp³-hybridized carbons (Fsp3) is 0.474. The van der Waals surface area contributed by atoms with Crippen molar-refractivity contribution < 1.29 is 4.79 Å². The third kappa shape index (κ3) is 4.45. The Hall–Kier alpha value is -2.14. The van der Waals surface area contributed by atoms with E-state index >= 15 is 0 Å². The maximum Gasteiger partial charge on any atom is 0.256 e. The summed E-state index contributed by atoms with van der Waals surface area (Å²) >= 11 is 0. The van der Waals surface area contributed by atoms with Crippen molar-refractivity contribution in [3.05, 3.63) is 46.2 Å².